The summed E-state index contributed by atoms with van der Waals surface area (Å²) in [5.74, 6) is -1.09. The Kier molecular flexibility index (Phi) is 6.95. The summed E-state index contributed by atoms with van der Waals surface area (Å²) in [5.41, 5.74) is -0.109. The van der Waals surface area contributed by atoms with Crippen LogP contribution in [0.3, 0.4) is 0 Å². The number of halogens is 3. The van der Waals surface area contributed by atoms with Crippen LogP contribution in [0.5, 0.6) is 0 Å². The molecule has 174 valence electrons. The molecule has 6 nitrogen and oxygen atoms in total. The number of hydrogen-bond donors (Lipinski definition) is 1. The molecule has 1 amide bonds. The van der Waals surface area contributed by atoms with E-state index < -0.39 is 32.6 Å². The van der Waals surface area contributed by atoms with Gasteiger partial charge in [0, 0.05) is 0 Å². The van der Waals surface area contributed by atoms with Gasteiger partial charge in [-0.15, -0.1) is 0 Å². The summed E-state index contributed by atoms with van der Waals surface area (Å²) in [4.78, 5) is 13.1. The van der Waals surface area contributed by atoms with Crippen molar-refractivity contribution in [2.75, 3.05) is 0 Å². The Hall–Kier alpha value is -1.82. The van der Waals surface area contributed by atoms with E-state index in [1.807, 2.05) is 0 Å². The first kappa shape index (κ1) is 24.3. The van der Waals surface area contributed by atoms with Crippen LogP contribution >= 0.6 is 34.8 Å². The molecule has 0 bridgehead atoms. The monoisotopic (exact) mass is 526 g/mol. The second-order valence-electron chi connectivity index (χ2n) is 8.46. The maximum atomic E-state index is 13.3. The minimum absolute atomic E-state index is 0.0386. The van der Waals surface area contributed by atoms with Crippen LogP contribution in [0.15, 0.2) is 47.4 Å². The van der Waals surface area contributed by atoms with Gasteiger partial charge in [0.15, 0.2) is 9.84 Å². The zero-order chi connectivity index (χ0) is 23.8. The molecule has 4 rings (SSSR count). The van der Waals surface area contributed by atoms with Crippen molar-refractivity contribution in [3.05, 3.63) is 63.1 Å². The number of carbonyl (C=O) groups excluding carboxylic acids is 1. The average molecular weight is 528 g/mol. The van der Waals surface area contributed by atoms with Crippen LogP contribution in [0.4, 0.5) is 0 Å². The first-order valence-corrected chi connectivity index (χ1v) is 13.1. The zero-order valence-electron chi connectivity index (χ0n) is 17.4. The predicted octanol–water partition coefficient (Wildman–Crippen LogP) is 4.96. The lowest BCUT2D eigenvalue weighted by Crippen LogP contribution is -2.42. The number of carbonyl (C=O) groups is 1. The van der Waals surface area contributed by atoms with E-state index in [1.54, 1.807) is 30.3 Å². The van der Waals surface area contributed by atoms with E-state index >= 15 is 0 Å². The standard InChI is InChI=1S/C23H21Cl3N2O4S/c24-17-6-5-14(9-19(17)26)12-32-20-11-15(33(30,31)21-4-2-1-3-18(21)25)10-16(20)22(29)28-23(13-27)7-8-23/h1-6,9,15-16,20H,7-8,10-12H2,(H,28,29)/t15-,16-,20-/m1/s1. The number of rotatable bonds is 7. The summed E-state index contributed by atoms with van der Waals surface area (Å²) in [6, 6.07) is 13.5. The Balaban J connectivity index is 1.56. The molecular formula is C23H21Cl3N2O4S. The van der Waals surface area contributed by atoms with Crippen molar-refractivity contribution in [1.82, 2.24) is 5.32 Å². The highest BCUT2D eigenvalue weighted by Crippen LogP contribution is 2.40. The zero-order valence-corrected chi connectivity index (χ0v) is 20.5. The highest BCUT2D eigenvalue weighted by Gasteiger charge is 2.50. The molecule has 0 radical (unpaired) electrons. The van der Waals surface area contributed by atoms with Gasteiger partial charge in [0.2, 0.25) is 5.91 Å². The van der Waals surface area contributed by atoms with Gasteiger partial charge >= 0.3 is 0 Å². The van der Waals surface area contributed by atoms with Crippen molar-refractivity contribution in [2.45, 2.75) is 54.1 Å². The Morgan fingerprint density at radius 2 is 1.82 bits per heavy atom. The molecule has 0 saturated heterocycles. The van der Waals surface area contributed by atoms with E-state index in [1.165, 1.54) is 12.1 Å². The molecule has 0 heterocycles. The summed E-state index contributed by atoms with van der Waals surface area (Å²) in [5, 5.41) is 12.2. The normalized spacial score (nSPS) is 23.6. The van der Waals surface area contributed by atoms with Gasteiger partial charge < -0.3 is 10.1 Å². The molecule has 3 atom stereocenters. The van der Waals surface area contributed by atoms with Gasteiger partial charge in [-0.3, -0.25) is 4.79 Å². The first-order chi connectivity index (χ1) is 15.6. The third-order valence-corrected chi connectivity index (χ3v) is 9.57. The number of hydrogen-bond acceptors (Lipinski definition) is 5. The number of nitrogens with one attached hydrogen (secondary N) is 1. The highest BCUT2D eigenvalue weighted by molar-refractivity contribution is 7.92. The number of ether oxygens (including phenoxy) is 1. The molecule has 33 heavy (non-hydrogen) atoms. The Morgan fingerprint density at radius 3 is 2.45 bits per heavy atom. The van der Waals surface area contributed by atoms with Crippen LogP contribution in [-0.2, 0) is 26.0 Å². The van der Waals surface area contributed by atoms with Crippen molar-refractivity contribution in [3.63, 3.8) is 0 Å². The highest BCUT2D eigenvalue weighted by atomic mass is 35.5. The van der Waals surface area contributed by atoms with E-state index in [2.05, 4.69) is 11.4 Å². The maximum Gasteiger partial charge on any atom is 0.227 e. The van der Waals surface area contributed by atoms with Gasteiger partial charge in [-0.05, 0) is 55.5 Å². The van der Waals surface area contributed by atoms with Gasteiger partial charge in [0.05, 0.1) is 49.9 Å². The van der Waals surface area contributed by atoms with Gasteiger partial charge in [0.1, 0.15) is 5.54 Å². The van der Waals surface area contributed by atoms with E-state index in [9.17, 15) is 18.5 Å². The van der Waals surface area contributed by atoms with Crippen LogP contribution in [0, 0.1) is 17.2 Å². The fourth-order valence-electron chi connectivity index (χ4n) is 4.07. The summed E-state index contributed by atoms with van der Waals surface area (Å²) in [6.45, 7) is 0.133. The molecular weight excluding hydrogens is 507 g/mol. The first-order valence-electron chi connectivity index (χ1n) is 10.4. The smallest absolute Gasteiger partial charge is 0.227 e. The van der Waals surface area contributed by atoms with Crippen LogP contribution in [-0.4, -0.2) is 31.2 Å². The van der Waals surface area contributed by atoms with Crippen molar-refractivity contribution in [2.24, 2.45) is 5.92 Å². The molecule has 0 aliphatic heterocycles. The lowest BCUT2D eigenvalue weighted by Gasteiger charge is -2.21. The fourth-order valence-corrected chi connectivity index (χ4v) is 6.72. The second kappa shape index (κ2) is 9.44. The van der Waals surface area contributed by atoms with Crippen molar-refractivity contribution >= 4 is 50.5 Å². The molecule has 2 aromatic carbocycles. The van der Waals surface area contributed by atoms with Crippen LogP contribution < -0.4 is 5.32 Å². The Bertz CT molecular complexity index is 1220. The van der Waals surface area contributed by atoms with Crippen molar-refractivity contribution < 1.29 is 17.9 Å². The summed E-state index contributed by atoms with van der Waals surface area (Å²) >= 11 is 18.2. The summed E-state index contributed by atoms with van der Waals surface area (Å²) in [7, 11) is -3.79. The fraction of sp³-hybridized carbons (Fsp3) is 0.391. The molecule has 0 aromatic heterocycles. The minimum atomic E-state index is -3.79. The average Bonchev–Trinajstić information content (AvgIpc) is 3.41. The van der Waals surface area contributed by atoms with E-state index in [-0.39, 0.29) is 35.3 Å². The predicted molar refractivity (Wildman–Crippen MR) is 126 cm³/mol. The minimum Gasteiger partial charge on any atom is -0.373 e. The molecule has 2 saturated carbocycles. The number of sulfone groups is 1. The van der Waals surface area contributed by atoms with Gasteiger partial charge in [-0.2, -0.15) is 5.26 Å². The lowest BCUT2D eigenvalue weighted by molar-refractivity contribution is -0.130. The van der Waals surface area contributed by atoms with E-state index in [0.29, 0.717) is 22.9 Å². The van der Waals surface area contributed by atoms with Crippen LogP contribution in [0.1, 0.15) is 31.2 Å². The molecule has 2 aliphatic rings. The van der Waals surface area contributed by atoms with Crippen LogP contribution in [0.25, 0.3) is 0 Å². The van der Waals surface area contributed by atoms with Gasteiger partial charge in [-0.1, -0.05) is 53.0 Å². The third kappa shape index (κ3) is 5.16. The quantitative estimate of drug-likeness (QED) is 0.549. The Morgan fingerprint density at radius 1 is 1.09 bits per heavy atom. The molecule has 0 unspecified atom stereocenters. The SMILES string of the molecule is N#CC1(NC(=O)[C@@H]2C[C@@H](S(=O)(=O)c3ccccc3Cl)C[C@H]2OCc2ccc(Cl)c(Cl)c2)CC1. The molecule has 1 N–H and O–H groups in total. The molecule has 2 aliphatic carbocycles. The third-order valence-electron chi connectivity index (χ3n) is 6.15. The van der Waals surface area contributed by atoms with Crippen molar-refractivity contribution in [3.8, 4) is 6.07 Å². The lowest BCUT2D eigenvalue weighted by atomic mass is 10.0. The largest absolute Gasteiger partial charge is 0.373 e. The van der Waals surface area contributed by atoms with Gasteiger partial charge in [0.25, 0.3) is 0 Å². The number of amides is 1. The number of nitrogens with zero attached hydrogens (tertiary/aromatic N) is 1. The van der Waals surface area contributed by atoms with Crippen LogP contribution in [0.2, 0.25) is 15.1 Å². The van der Waals surface area contributed by atoms with Gasteiger partial charge in [-0.25, -0.2) is 8.42 Å². The number of benzene rings is 2. The van der Waals surface area contributed by atoms with E-state index in [4.69, 9.17) is 39.5 Å². The molecule has 2 fully saturated rings. The summed E-state index contributed by atoms with van der Waals surface area (Å²) < 4.78 is 32.7. The summed E-state index contributed by atoms with van der Waals surface area (Å²) in [6.07, 6.45) is 0.714. The molecule has 2 aromatic rings. The second-order valence-corrected chi connectivity index (χ2v) is 11.9. The maximum absolute atomic E-state index is 13.3. The number of nitriles is 1. The molecule has 0 spiro atoms. The topological polar surface area (TPSA) is 96.3 Å². The van der Waals surface area contributed by atoms with Crippen molar-refractivity contribution in [1.29, 1.82) is 5.26 Å². The molecule has 10 heteroatoms. The van der Waals surface area contributed by atoms with E-state index in [0.717, 1.165) is 5.56 Å². The Labute approximate surface area is 207 Å².